The van der Waals surface area contributed by atoms with Gasteiger partial charge < -0.3 is 4.74 Å². The second kappa shape index (κ2) is 8.33. The van der Waals surface area contributed by atoms with Crippen molar-refractivity contribution in [1.82, 2.24) is 0 Å². The molecule has 120 valence electrons. The van der Waals surface area contributed by atoms with Crippen molar-refractivity contribution in [3.05, 3.63) is 64.7 Å². The van der Waals surface area contributed by atoms with Crippen LogP contribution in [-0.2, 0) is 6.42 Å². The lowest BCUT2D eigenvalue weighted by atomic mass is 10.1. The molecule has 0 bridgehead atoms. The van der Waals surface area contributed by atoms with Crippen LogP contribution in [0.1, 0.15) is 43.4 Å². The third-order valence-electron chi connectivity index (χ3n) is 3.51. The Hall–Kier alpha value is -2.34. The smallest absolute Gasteiger partial charge is 0.201 e. The van der Waals surface area contributed by atoms with E-state index in [4.69, 9.17) is 4.74 Å². The first-order valence-electron chi connectivity index (χ1n) is 7.87. The lowest BCUT2D eigenvalue weighted by Crippen LogP contribution is -2.01. The summed E-state index contributed by atoms with van der Waals surface area (Å²) in [6.07, 6.45) is 2.69. The maximum atomic E-state index is 14.0. The van der Waals surface area contributed by atoms with Crippen molar-refractivity contribution < 1.29 is 13.5 Å². The summed E-state index contributed by atoms with van der Waals surface area (Å²) in [5.41, 5.74) is 2.01. The molecule has 0 atom stereocenters. The minimum absolute atomic E-state index is 0.0323. The molecule has 0 spiro atoms. The standard InChI is InChI=1S/C20H20F2O/c1-3-5-14-23-18-13-12-17(19(21)20(18)22)11-10-16-8-6-15(4-2)7-9-16/h6-9,12-13H,3-5,14H2,1-2H3. The summed E-state index contributed by atoms with van der Waals surface area (Å²) >= 11 is 0. The topological polar surface area (TPSA) is 9.23 Å². The molecule has 2 aromatic carbocycles. The molecule has 0 aromatic heterocycles. The van der Waals surface area contributed by atoms with Gasteiger partial charge in [0.1, 0.15) is 0 Å². The number of halogens is 2. The highest BCUT2D eigenvalue weighted by Gasteiger charge is 2.13. The molecule has 3 heteroatoms. The van der Waals surface area contributed by atoms with Gasteiger partial charge in [0.15, 0.2) is 11.6 Å². The number of hydrogen-bond donors (Lipinski definition) is 0. The molecule has 2 aromatic rings. The maximum Gasteiger partial charge on any atom is 0.201 e. The molecule has 0 saturated carbocycles. The zero-order valence-electron chi connectivity index (χ0n) is 13.5. The van der Waals surface area contributed by atoms with E-state index < -0.39 is 11.6 Å². The zero-order chi connectivity index (χ0) is 16.7. The number of benzene rings is 2. The summed E-state index contributed by atoms with van der Waals surface area (Å²) < 4.78 is 33.2. The fourth-order valence-electron chi connectivity index (χ4n) is 2.03. The Morgan fingerprint density at radius 3 is 2.30 bits per heavy atom. The summed E-state index contributed by atoms with van der Waals surface area (Å²) in [6.45, 7) is 4.46. The van der Waals surface area contributed by atoms with E-state index in [-0.39, 0.29) is 11.3 Å². The van der Waals surface area contributed by atoms with Crippen molar-refractivity contribution in [2.45, 2.75) is 33.1 Å². The Labute approximate surface area is 136 Å². The molecule has 0 saturated heterocycles. The van der Waals surface area contributed by atoms with E-state index in [1.165, 1.54) is 17.7 Å². The van der Waals surface area contributed by atoms with E-state index in [1.807, 2.05) is 31.2 Å². The van der Waals surface area contributed by atoms with Gasteiger partial charge in [0.25, 0.3) is 0 Å². The fourth-order valence-corrected chi connectivity index (χ4v) is 2.03. The minimum atomic E-state index is -0.978. The summed E-state index contributed by atoms with van der Waals surface area (Å²) in [5.74, 6) is 3.54. The number of unbranched alkanes of at least 4 members (excludes halogenated alkanes) is 1. The summed E-state index contributed by atoms with van der Waals surface area (Å²) in [6, 6.07) is 10.6. The molecule has 0 unspecified atom stereocenters. The van der Waals surface area contributed by atoms with Crippen molar-refractivity contribution in [2.75, 3.05) is 6.61 Å². The molecule has 0 heterocycles. The van der Waals surface area contributed by atoms with Crippen LogP contribution in [-0.4, -0.2) is 6.61 Å². The van der Waals surface area contributed by atoms with Crippen molar-refractivity contribution in [1.29, 1.82) is 0 Å². The highest BCUT2D eigenvalue weighted by molar-refractivity contribution is 5.46. The van der Waals surface area contributed by atoms with Gasteiger partial charge in [0.2, 0.25) is 5.82 Å². The van der Waals surface area contributed by atoms with Gasteiger partial charge in [-0.1, -0.05) is 44.2 Å². The highest BCUT2D eigenvalue weighted by atomic mass is 19.2. The van der Waals surface area contributed by atoms with E-state index in [1.54, 1.807) is 0 Å². The average molecular weight is 314 g/mol. The maximum absolute atomic E-state index is 14.0. The van der Waals surface area contributed by atoms with Crippen LogP contribution in [0.2, 0.25) is 0 Å². The van der Waals surface area contributed by atoms with Gasteiger partial charge in [0, 0.05) is 5.56 Å². The lowest BCUT2D eigenvalue weighted by Gasteiger charge is -2.07. The number of aryl methyl sites for hydroxylation is 1. The molecule has 0 aliphatic rings. The average Bonchev–Trinajstić information content (AvgIpc) is 2.58. The molecule has 0 aliphatic heterocycles. The Morgan fingerprint density at radius 1 is 0.913 bits per heavy atom. The van der Waals surface area contributed by atoms with E-state index >= 15 is 0 Å². The monoisotopic (exact) mass is 314 g/mol. The van der Waals surface area contributed by atoms with Crippen molar-refractivity contribution in [3.8, 4) is 17.6 Å². The first-order chi connectivity index (χ1) is 11.2. The molecule has 2 rings (SSSR count). The quantitative estimate of drug-likeness (QED) is 0.551. The largest absolute Gasteiger partial charge is 0.490 e. The van der Waals surface area contributed by atoms with Crippen LogP contribution in [0.25, 0.3) is 0 Å². The molecular formula is C20H20F2O. The van der Waals surface area contributed by atoms with Gasteiger partial charge in [-0.25, -0.2) is 4.39 Å². The molecule has 0 fully saturated rings. The third kappa shape index (κ3) is 4.56. The van der Waals surface area contributed by atoms with Gasteiger partial charge in [-0.15, -0.1) is 0 Å². The first kappa shape index (κ1) is 17.0. The second-order valence-electron chi connectivity index (χ2n) is 5.24. The molecule has 0 amide bonds. The highest BCUT2D eigenvalue weighted by Crippen LogP contribution is 2.22. The van der Waals surface area contributed by atoms with Crippen LogP contribution in [0.5, 0.6) is 5.75 Å². The first-order valence-corrected chi connectivity index (χ1v) is 7.87. The van der Waals surface area contributed by atoms with Gasteiger partial charge in [-0.05, 0) is 42.7 Å². The predicted octanol–water partition coefficient (Wildman–Crippen LogP) is 5.11. The van der Waals surface area contributed by atoms with Crippen molar-refractivity contribution in [2.24, 2.45) is 0 Å². The number of ether oxygens (including phenoxy) is 1. The van der Waals surface area contributed by atoms with E-state index in [0.717, 1.165) is 24.8 Å². The number of hydrogen-bond acceptors (Lipinski definition) is 1. The molecule has 0 N–H and O–H groups in total. The lowest BCUT2D eigenvalue weighted by molar-refractivity contribution is 0.288. The fraction of sp³-hybridized carbons (Fsp3) is 0.300. The minimum Gasteiger partial charge on any atom is -0.490 e. The van der Waals surface area contributed by atoms with E-state index in [2.05, 4.69) is 18.8 Å². The molecular weight excluding hydrogens is 294 g/mol. The Kier molecular flexibility index (Phi) is 6.17. The number of rotatable bonds is 5. The molecule has 23 heavy (non-hydrogen) atoms. The predicted molar refractivity (Wildman–Crippen MR) is 88.6 cm³/mol. The van der Waals surface area contributed by atoms with Crippen LogP contribution in [0.15, 0.2) is 36.4 Å². The SMILES string of the molecule is CCCCOc1ccc(C#Cc2ccc(CC)cc2)c(F)c1F. The third-order valence-corrected chi connectivity index (χ3v) is 3.51. The summed E-state index contributed by atoms with van der Waals surface area (Å²) in [4.78, 5) is 0. The zero-order valence-corrected chi connectivity index (χ0v) is 13.5. The Bertz CT molecular complexity index is 709. The Morgan fingerprint density at radius 2 is 1.65 bits per heavy atom. The Balaban J connectivity index is 2.17. The normalized spacial score (nSPS) is 10.1. The van der Waals surface area contributed by atoms with Gasteiger partial charge >= 0.3 is 0 Å². The van der Waals surface area contributed by atoms with Crippen LogP contribution in [0.4, 0.5) is 8.78 Å². The van der Waals surface area contributed by atoms with E-state index in [0.29, 0.717) is 6.61 Å². The van der Waals surface area contributed by atoms with Crippen LogP contribution >= 0.6 is 0 Å². The molecule has 1 nitrogen and oxygen atoms in total. The van der Waals surface area contributed by atoms with Crippen LogP contribution in [0, 0.1) is 23.5 Å². The van der Waals surface area contributed by atoms with E-state index in [9.17, 15) is 8.78 Å². The van der Waals surface area contributed by atoms with Gasteiger partial charge in [-0.2, -0.15) is 4.39 Å². The second-order valence-corrected chi connectivity index (χ2v) is 5.24. The van der Waals surface area contributed by atoms with Crippen molar-refractivity contribution >= 4 is 0 Å². The summed E-state index contributed by atoms with van der Waals surface area (Å²) in [5, 5.41) is 0. The molecule has 0 aliphatic carbocycles. The van der Waals surface area contributed by atoms with Crippen LogP contribution < -0.4 is 4.74 Å². The van der Waals surface area contributed by atoms with Gasteiger partial charge in [0.05, 0.1) is 12.2 Å². The summed E-state index contributed by atoms with van der Waals surface area (Å²) in [7, 11) is 0. The molecule has 0 radical (unpaired) electrons. The van der Waals surface area contributed by atoms with Crippen LogP contribution in [0.3, 0.4) is 0 Å². The van der Waals surface area contributed by atoms with Gasteiger partial charge in [-0.3, -0.25) is 0 Å². The van der Waals surface area contributed by atoms with Crippen molar-refractivity contribution in [3.63, 3.8) is 0 Å².